The van der Waals surface area contributed by atoms with Crippen molar-refractivity contribution in [1.82, 2.24) is 0 Å². The number of rotatable bonds is 3. The van der Waals surface area contributed by atoms with Gasteiger partial charge in [-0.1, -0.05) is 0 Å². The summed E-state index contributed by atoms with van der Waals surface area (Å²) < 4.78 is 27.6. The zero-order valence-corrected chi connectivity index (χ0v) is 13.5. The van der Waals surface area contributed by atoms with E-state index in [1.165, 1.54) is 12.1 Å². The van der Waals surface area contributed by atoms with Crippen LogP contribution in [0.2, 0.25) is 0 Å². The predicted octanol–water partition coefficient (Wildman–Crippen LogP) is 3.10. The minimum Gasteiger partial charge on any atom is -0.399 e. The third kappa shape index (κ3) is 4.26. The largest absolute Gasteiger partial charge is 0.399 e. The third-order valence-corrected chi connectivity index (χ3v) is 4.40. The molecule has 0 fully saturated rings. The molecule has 0 radical (unpaired) electrons. The molecule has 0 bridgehead atoms. The average Bonchev–Trinajstić information content (AvgIpc) is 2.32. The van der Waals surface area contributed by atoms with E-state index in [0.29, 0.717) is 11.4 Å². The molecule has 3 N–H and O–H groups in total. The summed E-state index contributed by atoms with van der Waals surface area (Å²) in [6.07, 6.45) is 0. The molecule has 0 spiro atoms. The highest BCUT2D eigenvalue weighted by atomic mass is 127. The van der Waals surface area contributed by atoms with Crippen molar-refractivity contribution in [3.05, 3.63) is 52.1 Å². The molecule has 0 amide bonds. The van der Waals surface area contributed by atoms with Crippen molar-refractivity contribution in [1.29, 1.82) is 0 Å². The van der Waals surface area contributed by atoms with E-state index in [0.717, 1.165) is 3.57 Å². The maximum absolute atomic E-state index is 12.0. The van der Waals surface area contributed by atoms with Gasteiger partial charge in [0.1, 0.15) is 0 Å². The normalized spacial score (nSPS) is 10.6. The zero-order valence-electron chi connectivity index (χ0n) is 9.71. The Balaban J connectivity index is 0.00000180. The zero-order chi connectivity index (χ0) is 13.2. The van der Waals surface area contributed by atoms with E-state index in [9.17, 15) is 8.42 Å². The second kappa shape index (κ2) is 6.44. The molecule has 4 nitrogen and oxygen atoms in total. The van der Waals surface area contributed by atoms with Crippen molar-refractivity contribution in [3.63, 3.8) is 0 Å². The van der Waals surface area contributed by atoms with E-state index >= 15 is 0 Å². The molecule has 19 heavy (non-hydrogen) atoms. The Morgan fingerprint density at radius 3 is 2.00 bits per heavy atom. The number of halogens is 2. The van der Waals surface area contributed by atoms with Crippen LogP contribution in [-0.4, -0.2) is 8.42 Å². The minimum absolute atomic E-state index is 0. The predicted molar refractivity (Wildman–Crippen MR) is 88.1 cm³/mol. The van der Waals surface area contributed by atoms with Gasteiger partial charge in [-0.3, -0.25) is 4.72 Å². The minimum atomic E-state index is -3.55. The molecule has 0 aromatic heterocycles. The van der Waals surface area contributed by atoms with Gasteiger partial charge in [-0.15, -0.1) is 12.4 Å². The molecule has 2 aromatic rings. The summed E-state index contributed by atoms with van der Waals surface area (Å²) in [5.74, 6) is 0. The van der Waals surface area contributed by atoms with Crippen LogP contribution < -0.4 is 10.5 Å². The molecule has 0 aliphatic heterocycles. The lowest BCUT2D eigenvalue weighted by atomic mass is 10.3. The number of sulfonamides is 1. The van der Waals surface area contributed by atoms with E-state index in [-0.39, 0.29) is 17.3 Å². The van der Waals surface area contributed by atoms with Gasteiger partial charge < -0.3 is 5.73 Å². The van der Waals surface area contributed by atoms with E-state index in [1.807, 2.05) is 12.1 Å². The maximum atomic E-state index is 12.0. The summed E-state index contributed by atoms with van der Waals surface area (Å²) in [6, 6.07) is 13.2. The first kappa shape index (κ1) is 16.1. The number of hydrogen-bond acceptors (Lipinski definition) is 3. The van der Waals surface area contributed by atoms with Gasteiger partial charge in [0.25, 0.3) is 10.0 Å². The molecule has 2 rings (SSSR count). The average molecular weight is 411 g/mol. The number of benzene rings is 2. The van der Waals surface area contributed by atoms with Gasteiger partial charge in [-0.2, -0.15) is 0 Å². The first-order chi connectivity index (χ1) is 8.47. The summed E-state index contributed by atoms with van der Waals surface area (Å²) in [5.41, 5.74) is 6.59. The van der Waals surface area contributed by atoms with Crippen molar-refractivity contribution in [2.75, 3.05) is 10.5 Å². The third-order valence-electron chi connectivity index (χ3n) is 2.29. The van der Waals surface area contributed by atoms with Crippen LogP contribution in [0.4, 0.5) is 11.4 Å². The van der Waals surface area contributed by atoms with Crippen LogP contribution in [0, 0.1) is 3.57 Å². The number of nitrogens with two attached hydrogens (primary N) is 1. The number of nitrogen functional groups attached to an aromatic ring is 1. The Labute approximate surface area is 132 Å². The Kier molecular flexibility index (Phi) is 5.45. The van der Waals surface area contributed by atoms with Gasteiger partial charge in [0.15, 0.2) is 0 Å². The SMILES string of the molecule is Cl.Nc1ccc(S(=O)(=O)Nc2ccc(I)cc2)cc1. The van der Waals surface area contributed by atoms with E-state index < -0.39 is 10.0 Å². The van der Waals surface area contributed by atoms with Crippen LogP contribution in [-0.2, 0) is 10.0 Å². The molecule has 0 saturated heterocycles. The topological polar surface area (TPSA) is 72.2 Å². The van der Waals surface area contributed by atoms with Gasteiger partial charge >= 0.3 is 0 Å². The number of nitrogens with one attached hydrogen (secondary N) is 1. The molecule has 0 saturated carbocycles. The summed E-state index contributed by atoms with van der Waals surface area (Å²) >= 11 is 2.16. The van der Waals surface area contributed by atoms with Crippen molar-refractivity contribution in [2.45, 2.75) is 4.90 Å². The summed E-state index contributed by atoms with van der Waals surface area (Å²) in [5, 5.41) is 0. The fourth-order valence-corrected chi connectivity index (χ4v) is 2.80. The summed E-state index contributed by atoms with van der Waals surface area (Å²) in [7, 11) is -3.55. The van der Waals surface area contributed by atoms with Crippen LogP contribution >= 0.6 is 35.0 Å². The van der Waals surface area contributed by atoms with Crippen LogP contribution in [0.15, 0.2) is 53.4 Å². The quantitative estimate of drug-likeness (QED) is 0.603. The molecule has 0 atom stereocenters. The lowest BCUT2D eigenvalue weighted by molar-refractivity contribution is 0.601. The van der Waals surface area contributed by atoms with Gasteiger partial charge in [-0.05, 0) is 71.1 Å². The van der Waals surface area contributed by atoms with E-state index in [1.54, 1.807) is 24.3 Å². The van der Waals surface area contributed by atoms with E-state index in [4.69, 9.17) is 5.73 Å². The summed E-state index contributed by atoms with van der Waals surface area (Å²) in [6.45, 7) is 0. The molecule has 0 aliphatic rings. The van der Waals surface area contributed by atoms with Gasteiger partial charge in [0, 0.05) is 14.9 Å². The lowest BCUT2D eigenvalue weighted by Gasteiger charge is -2.08. The van der Waals surface area contributed by atoms with Gasteiger partial charge in [0.2, 0.25) is 0 Å². The van der Waals surface area contributed by atoms with Crippen LogP contribution in [0.3, 0.4) is 0 Å². The molecule has 102 valence electrons. The first-order valence-electron chi connectivity index (χ1n) is 5.11. The van der Waals surface area contributed by atoms with Crippen molar-refractivity contribution < 1.29 is 8.42 Å². The molecule has 0 aliphatic carbocycles. The van der Waals surface area contributed by atoms with Gasteiger partial charge in [-0.25, -0.2) is 8.42 Å². The van der Waals surface area contributed by atoms with Crippen LogP contribution in [0.5, 0.6) is 0 Å². The van der Waals surface area contributed by atoms with Crippen molar-refractivity contribution in [3.8, 4) is 0 Å². The fourth-order valence-electron chi connectivity index (χ4n) is 1.38. The standard InChI is InChI=1S/C12H11IN2O2S.ClH/c13-9-1-5-11(6-2-9)15-18(16,17)12-7-3-10(14)4-8-12;/h1-8,15H,14H2;1H. The molecule has 7 heteroatoms. The highest BCUT2D eigenvalue weighted by Gasteiger charge is 2.13. The molecule has 2 aromatic carbocycles. The molecule has 0 heterocycles. The Hall–Kier alpha value is -0.990. The van der Waals surface area contributed by atoms with Gasteiger partial charge in [0.05, 0.1) is 4.90 Å². The smallest absolute Gasteiger partial charge is 0.261 e. The van der Waals surface area contributed by atoms with Crippen LogP contribution in [0.1, 0.15) is 0 Å². The highest BCUT2D eigenvalue weighted by Crippen LogP contribution is 2.18. The molecular formula is C12H12ClIN2O2S. The Morgan fingerprint density at radius 1 is 0.947 bits per heavy atom. The number of hydrogen-bond donors (Lipinski definition) is 2. The van der Waals surface area contributed by atoms with E-state index in [2.05, 4.69) is 27.3 Å². The Bertz CT molecular complexity index is 642. The maximum Gasteiger partial charge on any atom is 0.261 e. The lowest BCUT2D eigenvalue weighted by Crippen LogP contribution is -2.12. The van der Waals surface area contributed by atoms with Crippen molar-refractivity contribution >= 4 is 56.4 Å². The highest BCUT2D eigenvalue weighted by molar-refractivity contribution is 14.1. The second-order valence-corrected chi connectivity index (χ2v) is 6.61. The van der Waals surface area contributed by atoms with Crippen molar-refractivity contribution in [2.24, 2.45) is 0 Å². The second-order valence-electron chi connectivity index (χ2n) is 3.68. The molecular weight excluding hydrogens is 399 g/mol. The molecule has 0 unspecified atom stereocenters. The van der Waals surface area contributed by atoms with Crippen LogP contribution in [0.25, 0.3) is 0 Å². The summed E-state index contributed by atoms with van der Waals surface area (Å²) in [4.78, 5) is 0.190. The number of anilines is 2. The fraction of sp³-hybridized carbons (Fsp3) is 0. The first-order valence-corrected chi connectivity index (χ1v) is 7.67. The Morgan fingerprint density at radius 2 is 1.47 bits per heavy atom. The monoisotopic (exact) mass is 410 g/mol.